The van der Waals surface area contributed by atoms with Gasteiger partial charge >= 0.3 is 0 Å². The summed E-state index contributed by atoms with van der Waals surface area (Å²) in [4.78, 5) is 40.0. The molecule has 1 heterocycles. The molecule has 2 atom stereocenters. The number of hydrogen-bond donors (Lipinski definition) is 0. The molecule has 0 saturated heterocycles. The fourth-order valence-corrected chi connectivity index (χ4v) is 4.24. The van der Waals surface area contributed by atoms with Gasteiger partial charge in [-0.1, -0.05) is 66.7 Å². The van der Waals surface area contributed by atoms with Gasteiger partial charge in [-0.05, 0) is 17.7 Å². The Morgan fingerprint density at radius 1 is 0.806 bits per heavy atom. The van der Waals surface area contributed by atoms with E-state index in [2.05, 4.69) is 0 Å². The number of fused-ring (bicyclic) bond motifs is 1. The fraction of sp³-hybridized carbons (Fsp3) is 0.115. The second-order valence-corrected chi connectivity index (χ2v) is 7.47. The summed E-state index contributed by atoms with van der Waals surface area (Å²) in [5, 5.41) is 0. The molecule has 0 N–H and O–H groups in total. The molecule has 5 nitrogen and oxygen atoms in total. The largest absolute Gasteiger partial charge is 0.497 e. The van der Waals surface area contributed by atoms with Crippen molar-refractivity contribution in [2.24, 2.45) is 0 Å². The standard InChI is InChI=1S/C26H18O5/c1-30-17-13-11-15(12-14-17)20-21-23(28)18-9-5-6-10-19(18)24(29)26(21)31-25(20)22(27)16-7-3-2-4-8-16/h2-14,20,25H,1H3/t20-,25-/m1/s1. The van der Waals surface area contributed by atoms with Gasteiger partial charge in [-0.3, -0.25) is 14.4 Å². The lowest BCUT2D eigenvalue weighted by molar-refractivity contribution is 0.0640. The molecule has 2 aliphatic rings. The second-order valence-electron chi connectivity index (χ2n) is 7.47. The van der Waals surface area contributed by atoms with Crippen molar-refractivity contribution >= 4 is 17.3 Å². The Labute approximate surface area is 178 Å². The number of ketones is 3. The normalized spacial score (nSPS) is 19.5. The number of rotatable bonds is 4. The highest BCUT2D eigenvalue weighted by Gasteiger charge is 2.50. The van der Waals surface area contributed by atoms with Crippen LogP contribution in [0, 0.1) is 0 Å². The first kappa shape index (κ1) is 19.0. The first-order valence-electron chi connectivity index (χ1n) is 9.92. The minimum Gasteiger partial charge on any atom is -0.497 e. The molecule has 0 spiro atoms. The van der Waals surface area contributed by atoms with E-state index in [1.807, 2.05) is 6.07 Å². The van der Waals surface area contributed by atoms with Crippen LogP contribution in [-0.2, 0) is 4.74 Å². The molecule has 0 radical (unpaired) electrons. The Hall–Kier alpha value is -3.99. The van der Waals surface area contributed by atoms with Gasteiger partial charge in [-0.2, -0.15) is 0 Å². The Bertz CT molecular complexity index is 1240. The third kappa shape index (κ3) is 2.97. The van der Waals surface area contributed by atoms with E-state index in [1.54, 1.807) is 79.9 Å². The lowest BCUT2D eigenvalue weighted by Crippen LogP contribution is -2.28. The van der Waals surface area contributed by atoms with Crippen molar-refractivity contribution in [3.8, 4) is 5.75 Å². The molecule has 3 aromatic rings. The molecule has 0 fully saturated rings. The molecule has 1 aliphatic carbocycles. The van der Waals surface area contributed by atoms with Crippen LogP contribution in [0.15, 0.2) is 90.2 Å². The molecule has 0 bridgehead atoms. The van der Waals surface area contributed by atoms with Gasteiger partial charge in [0.1, 0.15) is 5.75 Å². The van der Waals surface area contributed by atoms with E-state index in [0.29, 0.717) is 28.0 Å². The molecule has 0 aromatic heterocycles. The first-order valence-corrected chi connectivity index (χ1v) is 9.92. The molecule has 0 unspecified atom stereocenters. The highest BCUT2D eigenvalue weighted by molar-refractivity contribution is 6.27. The number of carbonyl (C=O) groups excluding carboxylic acids is 3. The number of allylic oxidation sites excluding steroid dienone is 1. The quantitative estimate of drug-likeness (QED) is 0.597. The minimum atomic E-state index is -1.01. The Morgan fingerprint density at radius 2 is 1.42 bits per heavy atom. The van der Waals surface area contributed by atoms with Crippen molar-refractivity contribution in [3.05, 3.63) is 112 Å². The van der Waals surface area contributed by atoms with E-state index in [0.717, 1.165) is 0 Å². The Balaban J connectivity index is 1.65. The maximum absolute atomic E-state index is 13.4. The second kappa shape index (κ2) is 7.36. The third-order valence-electron chi connectivity index (χ3n) is 5.76. The van der Waals surface area contributed by atoms with Gasteiger partial charge in [0.15, 0.2) is 17.6 Å². The van der Waals surface area contributed by atoms with Gasteiger partial charge in [-0.15, -0.1) is 0 Å². The van der Waals surface area contributed by atoms with E-state index < -0.39 is 12.0 Å². The summed E-state index contributed by atoms with van der Waals surface area (Å²) < 4.78 is 11.2. The zero-order valence-electron chi connectivity index (χ0n) is 16.7. The number of hydrogen-bond acceptors (Lipinski definition) is 5. The van der Waals surface area contributed by atoms with Gasteiger partial charge in [0.2, 0.25) is 11.6 Å². The summed E-state index contributed by atoms with van der Waals surface area (Å²) in [6.07, 6.45) is -1.01. The third-order valence-corrected chi connectivity index (χ3v) is 5.76. The van der Waals surface area contributed by atoms with Gasteiger partial charge in [-0.25, -0.2) is 0 Å². The van der Waals surface area contributed by atoms with Crippen LogP contribution >= 0.6 is 0 Å². The van der Waals surface area contributed by atoms with Crippen molar-refractivity contribution in [1.29, 1.82) is 0 Å². The predicted molar refractivity (Wildman–Crippen MR) is 114 cm³/mol. The number of benzene rings is 3. The maximum atomic E-state index is 13.4. The Morgan fingerprint density at radius 3 is 2.06 bits per heavy atom. The highest BCUT2D eigenvalue weighted by Crippen LogP contribution is 2.45. The van der Waals surface area contributed by atoms with Gasteiger partial charge in [0.25, 0.3) is 0 Å². The molecule has 152 valence electrons. The number of ether oxygens (including phenoxy) is 2. The zero-order chi connectivity index (χ0) is 21.5. The van der Waals surface area contributed by atoms with Crippen LogP contribution in [0.25, 0.3) is 0 Å². The molecule has 31 heavy (non-hydrogen) atoms. The zero-order valence-corrected chi connectivity index (χ0v) is 16.7. The van der Waals surface area contributed by atoms with Crippen LogP contribution in [0.3, 0.4) is 0 Å². The van der Waals surface area contributed by atoms with Crippen molar-refractivity contribution in [1.82, 2.24) is 0 Å². The van der Waals surface area contributed by atoms with Gasteiger partial charge in [0, 0.05) is 16.7 Å². The first-order chi connectivity index (χ1) is 15.1. The van der Waals surface area contributed by atoms with Crippen LogP contribution < -0.4 is 4.74 Å². The smallest absolute Gasteiger partial charge is 0.228 e. The van der Waals surface area contributed by atoms with Crippen molar-refractivity contribution in [2.45, 2.75) is 12.0 Å². The van der Waals surface area contributed by atoms with Crippen molar-refractivity contribution in [2.75, 3.05) is 7.11 Å². The average molecular weight is 410 g/mol. The Kier molecular flexibility index (Phi) is 4.51. The fourth-order valence-electron chi connectivity index (χ4n) is 4.24. The molecule has 1 aliphatic heterocycles. The topological polar surface area (TPSA) is 69.7 Å². The van der Waals surface area contributed by atoms with E-state index in [-0.39, 0.29) is 28.7 Å². The molecular formula is C26H18O5. The van der Waals surface area contributed by atoms with Crippen LogP contribution in [0.1, 0.15) is 42.6 Å². The highest BCUT2D eigenvalue weighted by atomic mass is 16.5. The summed E-state index contributed by atoms with van der Waals surface area (Å²) in [7, 11) is 1.57. The van der Waals surface area contributed by atoms with E-state index >= 15 is 0 Å². The lowest BCUT2D eigenvalue weighted by atomic mass is 9.78. The van der Waals surface area contributed by atoms with Gasteiger partial charge in [0.05, 0.1) is 18.6 Å². The summed E-state index contributed by atoms with van der Waals surface area (Å²) >= 11 is 0. The van der Waals surface area contributed by atoms with Crippen LogP contribution in [0.2, 0.25) is 0 Å². The summed E-state index contributed by atoms with van der Waals surface area (Å²) in [6.45, 7) is 0. The molecule has 5 rings (SSSR count). The molecule has 5 heteroatoms. The maximum Gasteiger partial charge on any atom is 0.228 e. The summed E-state index contributed by atoms with van der Waals surface area (Å²) in [5.41, 5.74) is 2.04. The van der Waals surface area contributed by atoms with Crippen LogP contribution in [0.4, 0.5) is 0 Å². The van der Waals surface area contributed by atoms with Crippen LogP contribution in [0.5, 0.6) is 5.75 Å². The van der Waals surface area contributed by atoms with E-state index in [1.165, 1.54) is 0 Å². The lowest BCUT2D eigenvalue weighted by Gasteiger charge is -2.21. The minimum absolute atomic E-state index is 0.0289. The molecule has 0 amide bonds. The average Bonchev–Trinajstić information content (AvgIpc) is 3.24. The number of carbonyl (C=O) groups is 3. The van der Waals surface area contributed by atoms with Crippen LogP contribution in [-0.4, -0.2) is 30.6 Å². The van der Waals surface area contributed by atoms with Crippen molar-refractivity contribution < 1.29 is 23.9 Å². The molecule has 3 aromatic carbocycles. The molecular weight excluding hydrogens is 392 g/mol. The predicted octanol–water partition coefficient (Wildman–Crippen LogP) is 4.39. The SMILES string of the molecule is COc1ccc([C@@H]2C3=C(O[C@H]2C(=O)c2ccccc2)C(=O)c2ccccc2C3=O)cc1. The van der Waals surface area contributed by atoms with Crippen molar-refractivity contribution in [3.63, 3.8) is 0 Å². The number of methoxy groups -OCH3 is 1. The van der Waals surface area contributed by atoms with E-state index in [9.17, 15) is 14.4 Å². The summed E-state index contributed by atoms with van der Waals surface area (Å²) in [6, 6.07) is 22.6. The van der Waals surface area contributed by atoms with Gasteiger partial charge < -0.3 is 9.47 Å². The number of Topliss-reactive ketones (excluding diaryl/α,β-unsaturated/α-hetero) is 3. The molecule has 0 saturated carbocycles. The van der Waals surface area contributed by atoms with E-state index in [4.69, 9.17) is 9.47 Å². The summed E-state index contributed by atoms with van der Waals surface area (Å²) in [5.74, 6) is -1.00. The monoisotopic (exact) mass is 410 g/mol.